The van der Waals surface area contributed by atoms with Crippen LogP contribution in [0.2, 0.25) is 0 Å². The van der Waals surface area contributed by atoms with Gasteiger partial charge in [-0.1, -0.05) is 75.2 Å². The van der Waals surface area contributed by atoms with Gasteiger partial charge in [0.1, 0.15) is 17.4 Å². The minimum absolute atomic E-state index is 0.369. The Kier molecular flexibility index (Phi) is 7.39. The summed E-state index contributed by atoms with van der Waals surface area (Å²) < 4.78 is 5.93. The Balaban J connectivity index is 1.53. The van der Waals surface area contributed by atoms with E-state index in [0.717, 1.165) is 53.7 Å². The number of imidazole rings is 1. The summed E-state index contributed by atoms with van der Waals surface area (Å²) in [5, 5.41) is 9.38. The molecular formula is C29H29N3O2. The molecular weight excluding hydrogens is 422 g/mol. The average Bonchev–Trinajstić information content (AvgIpc) is 3.30. The molecule has 1 heterocycles. The molecule has 1 unspecified atom stereocenters. The van der Waals surface area contributed by atoms with E-state index in [-0.39, 0.29) is 12.1 Å². The molecule has 0 fully saturated rings. The molecule has 4 aromatic rings. The molecule has 0 saturated heterocycles. The van der Waals surface area contributed by atoms with Crippen molar-refractivity contribution in [2.24, 2.45) is 0 Å². The fraction of sp³-hybridized carbons (Fsp3) is 0.276. The molecule has 1 aromatic heterocycles. The van der Waals surface area contributed by atoms with Crippen LogP contribution < -0.4 is 0 Å². The number of unbranched alkanes of at least 4 members (excludes halogenated alkanes) is 2. The molecule has 172 valence electrons. The molecule has 0 radical (unpaired) electrons. The fourth-order valence-electron chi connectivity index (χ4n) is 4.20. The summed E-state index contributed by atoms with van der Waals surface area (Å²) in [4.78, 5) is 21.2. The zero-order valence-electron chi connectivity index (χ0n) is 19.7. The van der Waals surface area contributed by atoms with E-state index in [0.29, 0.717) is 23.1 Å². The molecule has 3 aromatic carbocycles. The summed E-state index contributed by atoms with van der Waals surface area (Å²) in [5.74, 6) is 0.534. The minimum atomic E-state index is -0.372. The lowest BCUT2D eigenvalue weighted by molar-refractivity contribution is 0.0290. The van der Waals surface area contributed by atoms with Crippen molar-refractivity contribution < 1.29 is 9.53 Å². The molecule has 5 nitrogen and oxygen atoms in total. The van der Waals surface area contributed by atoms with Gasteiger partial charge in [-0.05, 0) is 47.7 Å². The van der Waals surface area contributed by atoms with Gasteiger partial charge in [-0.2, -0.15) is 5.26 Å². The second kappa shape index (κ2) is 10.8. The molecule has 0 spiro atoms. The summed E-state index contributed by atoms with van der Waals surface area (Å²) >= 11 is 0. The molecule has 0 saturated carbocycles. The molecule has 1 atom stereocenters. The van der Waals surface area contributed by atoms with Crippen LogP contribution in [0, 0.1) is 11.3 Å². The van der Waals surface area contributed by atoms with Crippen molar-refractivity contribution in [3.8, 4) is 17.2 Å². The number of para-hydroxylation sites is 1. The van der Waals surface area contributed by atoms with Crippen LogP contribution in [0.25, 0.3) is 22.2 Å². The Morgan fingerprint density at radius 1 is 1.03 bits per heavy atom. The predicted octanol–water partition coefficient (Wildman–Crippen LogP) is 7.14. The topological polar surface area (TPSA) is 78.8 Å². The lowest BCUT2D eigenvalue weighted by Gasteiger charge is -2.17. The third-order valence-corrected chi connectivity index (χ3v) is 6.06. The van der Waals surface area contributed by atoms with Crippen LogP contribution in [0.4, 0.5) is 0 Å². The molecule has 5 heteroatoms. The first-order valence-electron chi connectivity index (χ1n) is 11.9. The maximum Gasteiger partial charge on any atom is 0.341 e. The number of aryl methyl sites for hydroxylation is 1. The normalized spacial score (nSPS) is 11.8. The van der Waals surface area contributed by atoms with Crippen molar-refractivity contribution in [3.63, 3.8) is 0 Å². The summed E-state index contributed by atoms with van der Waals surface area (Å²) in [6, 6.07) is 23.2. The predicted molar refractivity (Wildman–Crippen MR) is 134 cm³/mol. The van der Waals surface area contributed by atoms with E-state index in [9.17, 15) is 10.1 Å². The number of aromatic nitrogens is 2. The molecule has 0 aliphatic heterocycles. The summed E-state index contributed by atoms with van der Waals surface area (Å²) in [6.45, 7) is 4.17. The standard InChI is InChI=1S/C29H29N3O2/c1-3-5-6-14-27-31-25-13-9-12-24(28(25)32-27)29(33)34-26(4-2)21-17-15-20(16-18-21)23-11-8-7-10-22(23)19-30/h7-13,15-18,26H,3-6,14H2,1-2H3,(H,31,32). The highest BCUT2D eigenvalue weighted by atomic mass is 16.5. The highest BCUT2D eigenvalue weighted by Gasteiger charge is 2.20. The van der Waals surface area contributed by atoms with E-state index < -0.39 is 0 Å². The summed E-state index contributed by atoms with van der Waals surface area (Å²) in [7, 11) is 0. The maximum absolute atomic E-state index is 13.1. The SMILES string of the molecule is CCCCCc1nc2c(C(=O)OC(CC)c3ccc(-c4ccccc4C#N)cc3)cccc2[nH]1. The molecule has 0 aliphatic rings. The van der Waals surface area contributed by atoms with Crippen LogP contribution in [0.15, 0.2) is 66.7 Å². The van der Waals surface area contributed by atoms with Crippen molar-refractivity contribution in [2.75, 3.05) is 0 Å². The Labute approximate surface area is 200 Å². The van der Waals surface area contributed by atoms with Gasteiger partial charge in [-0.15, -0.1) is 0 Å². The third-order valence-electron chi connectivity index (χ3n) is 6.06. The highest BCUT2D eigenvalue weighted by molar-refractivity contribution is 6.02. The van der Waals surface area contributed by atoms with Crippen molar-refractivity contribution in [3.05, 3.63) is 89.2 Å². The number of nitrogens with zero attached hydrogens (tertiary/aromatic N) is 2. The second-order valence-electron chi connectivity index (χ2n) is 8.42. The number of benzene rings is 3. The van der Waals surface area contributed by atoms with E-state index >= 15 is 0 Å². The smallest absolute Gasteiger partial charge is 0.341 e. The van der Waals surface area contributed by atoms with Crippen molar-refractivity contribution in [1.29, 1.82) is 5.26 Å². The number of nitrogens with one attached hydrogen (secondary N) is 1. The molecule has 1 N–H and O–H groups in total. The number of aromatic amines is 1. The van der Waals surface area contributed by atoms with Gasteiger partial charge in [-0.3, -0.25) is 0 Å². The lowest BCUT2D eigenvalue weighted by atomic mass is 9.97. The number of carbonyl (C=O) groups is 1. The zero-order valence-corrected chi connectivity index (χ0v) is 19.7. The highest BCUT2D eigenvalue weighted by Crippen LogP contribution is 2.29. The van der Waals surface area contributed by atoms with E-state index in [1.807, 2.05) is 67.6 Å². The first-order chi connectivity index (χ1) is 16.6. The van der Waals surface area contributed by atoms with E-state index in [4.69, 9.17) is 9.72 Å². The Hall–Kier alpha value is -3.91. The van der Waals surface area contributed by atoms with Gasteiger partial charge < -0.3 is 9.72 Å². The number of esters is 1. The van der Waals surface area contributed by atoms with Crippen LogP contribution >= 0.6 is 0 Å². The van der Waals surface area contributed by atoms with E-state index in [2.05, 4.69) is 18.0 Å². The second-order valence-corrected chi connectivity index (χ2v) is 8.42. The summed E-state index contributed by atoms with van der Waals surface area (Å²) in [5.41, 5.74) is 5.40. The van der Waals surface area contributed by atoms with Gasteiger partial charge in [0.25, 0.3) is 0 Å². The molecule has 0 amide bonds. The van der Waals surface area contributed by atoms with Crippen LogP contribution in [-0.2, 0) is 11.2 Å². The van der Waals surface area contributed by atoms with Crippen molar-refractivity contribution >= 4 is 17.0 Å². The number of H-pyrrole nitrogens is 1. The minimum Gasteiger partial charge on any atom is -0.454 e. The van der Waals surface area contributed by atoms with Gasteiger partial charge in [0, 0.05) is 6.42 Å². The maximum atomic E-state index is 13.1. The van der Waals surface area contributed by atoms with Gasteiger partial charge in [0.15, 0.2) is 0 Å². The number of fused-ring (bicyclic) bond motifs is 1. The van der Waals surface area contributed by atoms with Crippen molar-refractivity contribution in [1.82, 2.24) is 9.97 Å². The quantitative estimate of drug-likeness (QED) is 0.217. The Morgan fingerprint density at radius 3 is 2.56 bits per heavy atom. The average molecular weight is 452 g/mol. The van der Waals surface area contributed by atoms with Gasteiger partial charge in [0.05, 0.1) is 22.7 Å². The summed E-state index contributed by atoms with van der Waals surface area (Å²) in [6.07, 6.45) is 4.54. The number of carbonyl (C=O) groups excluding carboxylic acids is 1. The zero-order chi connectivity index (χ0) is 23.9. The number of ether oxygens (including phenoxy) is 1. The number of hydrogen-bond acceptors (Lipinski definition) is 4. The van der Waals surface area contributed by atoms with Crippen LogP contribution in [0.5, 0.6) is 0 Å². The monoisotopic (exact) mass is 451 g/mol. The van der Waals surface area contributed by atoms with Gasteiger partial charge in [-0.25, -0.2) is 9.78 Å². The van der Waals surface area contributed by atoms with Crippen LogP contribution in [0.1, 0.15) is 72.9 Å². The fourth-order valence-corrected chi connectivity index (χ4v) is 4.20. The molecule has 0 bridgehead atoms. The van der Waals surface area contributed by atoms with E-state index in [1.54, 1.807) is 6.07 Å². The molecule has 0 aliphatic carbocycles. The van der Waals surface area contributed by atoms with Crippen LogP contribution in [-0.4, -0.2) is 15.9 Å². The first-order valence-corrected chi connectivity index (χ1v) is 11.9. The first kappa shape index (κ1) is 23.3. The van der Waals surface area contributed by atoms with Gasteiger partial charge >= 0.3 is 5.97 Å². The molecule has 4 rings (SSSR count). The Morgan fingerprint density at radius 2 is 1.82 bits per heavy atom. The largest absolute Gasteiger partial charge is 0.454 e. The third kappa shape index (κ3) is 5.02. The van der Waals surface area contributed by atoms with Crippen molar-refractivity contribution in [2.45, 2.75) is 52.1 Å². The Bertz CT molecular complexity index is 1320. The van der Waals surface area contributed by atoms with Crippen LogP contribution in [0.3, 0.4) is 0 Å². The lowest BCUT2D eigenvalue weighted by Crippen LogP contribution is -2.11. The number of nitriles is 1. The van der Waals surface area contributed by atoms with Gasteiger partial charge in [0.2, 0.25) is 0 Å². The molecule has 34 heavy (non-hydrogen) atoms. The van der Waals surface area contributed by atoms with E-state index in [1.165, 1.54) is 0 Å². The number of hydrogen-bond donors (Lipinski definition) is 1. The number of rotatable bonds is 9.